The van der Waals surface area contributed by atoms with Crippen LogP contribution in [0.2, 0.25) is 0 Å². The van der Waals surface area contributed by atoms with Gasteiger partial charge in [0.15, 0.2) is 0 Å². The van der Waals surface area contributed by atoms with Crippen LogP contribution < -0.4 is 0 Å². The molecule has 1 saturated carbocycles. The van der Waals surface area contributed by atoms with Crippen molar-refractivity contribution in [1.82, 2.24) is 0 Å². The summed E-state index contributed by atoms with van der Waals surface area (Å²) in [5.41, 5.74) is 1.26. The molecule has 194 valence electrons. The first kappa shape index (κ1) is 30.5. The molecule has 0 saturated heterocycles. The minimum absolute atomic E-state index is 0.0370. The zero-order valence-corrected chi connectivity index (χ0v) is 22.9. The number of allylic oxidation sites excluding steroid dienone is 3. The van der Waals surface area contributed by atoms with Gasteiger partial charge in [0.2, 0.25) is 0 Å². The van der Waals surface area contributed by atoms with Crippen LogP contribution in [0.3, 0.4) is 0 Å². The van der Waals surface area contributed by atoms with Crippen molar-refractivity contribution < 1.29 is 19.1 Å². The van der Waals surface area contributed by atoms with Gasteiger partial charge in [0.25, 0.3) is 0 Å². The summed E-state index contributed by atoms with van der Waals surface area (Å²) in [7, 11) is 1.78. The van der Waals surface area contributed by atoms with E-state index in [0.29, 0.717) is 31.1 Å². The fourth-order valence-electron chi connectivity index (χ4n) is 4.98. The van der Waals surface area contributed by atoms with Crippen LogP contribution in [0.4, 0.5) is 0 Å². The normalized spacial score (nSPS) is 20.4. The van der Waals surface area contributed by atoms with E-state index in [2.05, 4.69) is 52.8 Å². The first-order valence-corrected chi connectivity index (χ1v) is 13.5. The summed E-state index contributed by atoms with van der Waals surface area (Å²) in [5, 5.41) is 0. The van der Waals surface area contributed by atoms with E-state index in [1.54, 1.807) is 7.11 Å². The molecule has 1 fully saturated rings. The Morgan fingerprint density at radius 2 is 1.68 bits per heavy atom. The molecule has 0 bridgehead atoms. The molecule has 0 aromatic heterocycles. The third-order valence-corrected chi connectivity index (χ3v) is 7.88. The highest BCUT2D eigenvalue weighted by atomic mass is 16.5. The Morgan fingerprint density at radius 1 is 1.03 bits per heavy atom. The Labute approximate surface area is 209 Å². The van der Waals surface area contributed by atoms with E-state index < -0.39 is 0 Å². The number of rotatable bonds is 16. The molecule has 4 nitrogen and oxygen atoms in total. The van der Waals surface area contributed by atoms with Crippen molar-refractivity contribution >= 4 is 17.3 Å². The summed E-state index contributed by atoms with van der Waals surface area (Å²) in [6.07, 6.45) is 14.9. The summed E-state index contributed by atoms with van der Waals surface area (Å²) in [5.74, 6) is 1.36. The molecule has 5 atom stereocenters. The zero-order chi connectivity index (χ0) is 25.7. The maximum Gasteiger partial charge on any atom is 0.140 e. The predicted molar refractivity (Wildman–Crippen MR) is 141 cm³/mol. The van der Waals surface area contributed by atoms with Gasteiger partial charge in [-0.05, 0) is 56.3 Å². The molecule has 0 radical (unpaired) electrons. The smallest absolute Gasteiger partial charge is 0.140 e. The quantitative estimate of drug-likeness (QED) is 0.134. The highest BCUT2D eigenvalue weighted by Crippen LogP contribution is 2.29. The second-order valence-corrected chi connectivity index (χ2v) is 10.7. The largest absolute Gasteiger partial charge is 0.377 e. The third kappa shape index (κ3) is 10.8. The van der Waals surface area contributed by atoms with Gasteiger partial charge in [-0.3, -0.25) is 14.4 Å². The summed E-state index contributed by atoms with van der Waals surface area (Å²) in [6.45, 7) is 13.0. The molecule has 34 heavy (non-hydrogen) atoms. The molecule has 0 N–H and O–H groups in total. The Morgan fingerprint density at radius 3 is 2.26 bits per heavy atom. The molecule has 0 spiro atoms. The fourth-order valence-corrected chi connectivity index (χ4v) is 4.98. The van der Waals surface area contributed by atoms with Crippen LogP contribution in [0.15, 0.2) is 23.8 Å². The van der Waals surface area contributed by atoms with Gasteiger partial charge in [-0.25, -0.2) is 0 Å². The van der Waals surface area contributed by atoms with Crippen LogP contribution in [-0.2, 0) is 19.1 Å². The van der Waals surface area contributed by atoms with Gasteiger partial charge in [0, 0.05) is 32.3 Å². The lowest BCUT2D eigenvalue weighted by Crippen LogP contribution is -2.25. The maximum atomic E-state index is 12.8. The van der Waals surface area contributed by atoms with Gasteiger partial charge >= 0.3 is 0 Å². The van der Waals surface area contributed by atoms with Crippen molar-refractivity contribution in [2.45, 2.75) is 112 Å². The average Bonchev–Trinajstić information content (AvgIpc) is 2.79. The molecule has 1 aliphatic rings. The highest BCUT2D eigenvalue weighted by Gasteiger charge is 2.27. The van der Waals surface area contributed by atoms with E-state index in [0.717, 1.165) is 19.3 Å². The molecule has 0 aromatic rings. The van der Waals surface area contributed by atoms with Gasteiger partial charge < -0.3 is 4.74 Å². The second-order valence-electron chi connectivity index (χ2n) is 10.7. The monoisotopic (exact) mass is 474 g/mol. The van der Waals surface area contributed by atoms with Crippen molar-refractivity contribution in [2.24, 2.45) is 29.6 Å². The molecule has 0 heterocycles. The topological polar surface area (TPSA) is 60.4 Å². The molecule has 4 heteroatoms. The average molecular weight is 475 g/mol. The van der Waals surface area contributed by atoms with Gasteiger partial charge in [-0.15, -0.1) is 0 Å². The van der Waals surface area contributed by atoms with Gasteiger partial charge in [-0.1, -0.05) is 71.3 Å². The second kappa shape index (κ2) is 16.2. The number of methoxy groups -OCH3 is 1. The molecule has 1 rings (SSSR count). The lowest BCUT2D eigenvalue weighted by atomic mass is 9.80. The van der Waals surface area contributed by atoms with E-state index in [9.17, 15) is 14.4 Å². The predicted octanol–water partition coefficient (Wildman–Crippen LogP) is 7.31. The minimum Gasteiger partial charge on any atom is -0.377 e. The van der Waals surface area contributed by atoms with Crippen LogP contribution >= 0.6 is 0 Å². The van der Waals surface area contributed by atoms with Crippen molar-refractivity contribution in [3.63, 3.8) is 0 Å². The summed E-state index contributed by atoms with van der Waals surface area (Å²) in [6, 6.07) is 0. The summed E-state index contributed by atoms with van der Waals surface area (Å²) >= 11 is 0. The zero-order valence-electron chi connectivity index (χ0n) is 22.9. The third-order valence-electron chi connectivity index (χ3n) is 7.88. The molecular formula is C30H50O4. The van der Waals surface area contributed by atoms with E-state index in [4.69, 9.17) is 4.74 Å². The number of ether oxygens (including phenoxy) is 1. The number of carbonyl (C=O) groups is 3. The number of hydrogen-bond donors (Lipinski definition) is 0. The molecule has 0 amide bonds. The first-order chi connectivity index (χ1) is 16.1. The number of ketones is 3. The van der Waals surface area contributed by atoms with Crippen molar-refractivity contribution in [1.29, 1.82) is 0 Å². The van der Waals surface area contributed by atoms with Gasteiger partial charge in [-0.2, -0.15) is 0 Å². The molecule has 1 aliphatic carbocycles. The number of carbonyl (C=O) groups excluding carboxylic acids is 3. The fraction of sp³-hybridized carbons (Fsp3) is 0.767. The van der Waals surface area contributed by atoms with Crippen LogP contribution in [0.25, 0.3) is 0 Å². The van der Waals surface area contributed by atoms with Crippen molar-refractivity contribution in [3.05, 3.63) is 23.8 Å². The number of hydrogen-bond acceptors (Lipinski definition) is 4. The van der Waals surface area contributed by atoms with E-state index in [1.807, 2.05) is 6.92 Å². The van der Waals surface area contributed by atoms with Crippen molar-refractivity contribution in [3.8, 4) is 0 Å². The minimum atomic E-state index is -0.0370. The SMILES string of the molecule is CCCCC/C=C/[C@H](OC)[C@@H](C)[C@H](C)/C=C(/C)[C@H](C)[C@H](C)C(=O)CCCC1CC(=O)CC(=O)C1. The number of Topliss-reactive ketones (excluding diaryl/α,β-unsaturated/α-hetero) is 3. The van der Waals surface area contributed by atoms with E-state index >= 15 is 0 Å². The lowest BCUT2D eigenvalue weighted by Gasteiger charge is -2.26. The van der Waals surface area contributed by atoms with Gasteiger partial charge in [0.1, 0.15) is 17.3 Å². The summed E-state index contributed by atoms with van der Waals surface area (Å²) in [4.78, 5) is 36.1. The first-order valence-electron chi connectivity index (χ1n) is 13.5. The lowest BCUT2D eigenvalue weighted by molar-refractivity contribution is -0.131. The summed E-state index contributed by atoms with van der Waals surface area (Å²) < 4.78 is 5.76. The van der Waals surface area contributed by atoms with E-state index in [1.165, 1.54) is 24.8 Å². The van der Waals surface area contributed by atoms with Crippen LogP contribution in [0, 0.1) is 29.6 Å². The van der Waals surface area contributed by atoms with E-state index in [-0.39, 0.29) is 47.6 Å². The maximum absolute atomic E-state index is 12.8. The van der Waals surface area contributed by atoms with Crippen LogP contribution in [-0.4, -0.2) is 30.6 Å². The molecule has 0 aliphatic heterocycles. The Balaban J connectivity index is 2.56. The molecule has 0 aromatic carbocycles. The van der Waals surface area contributed by atoms with Gasteiger partial charge in [0.05, 0.1) is 12.5 Å². The van der Waals surface area contributed by atoms with Crippen molar-refractivity contribution in [2.75, 3.05) is 7.11 Å². The highest BCUT2D eigenvalue weighted by molar-refractivity contribution is 6.01. The Bertz CT molecular complexity index is 689. The van der Waals surface area contributed by atoms with Crippen LogP contribution in [0.5, 0.6) is 0 Å². The molecular weight excluding hydrogens is 424 g/mol. The molecule has 0 unspecified atom stereocenters. The Hall–Kier alpha value is -1.55. The Kier molecular flexibility index (Phi) is 14.5. The standard InChI is InChI=1S/C30H50O4/c1-8-9-10-11-12-16-30(34-7)24(5)22(3)17-21(2)23(4)25(6)29(33)15-13-14-26-18-27(31)20-28(32)19-26/h12,16-17,22-26,30H,8-11,13-15,18-20H2,1-7H3/b16-12+,21-17-/t22-,23+,24+,25+,30+/m1/s1. The van der Waals surface area contributed by atoms with Crippen LogP contribution in [0.1, 0.15) is 106 Å². The number of unbranched alkanes of at least 4 members (excludes halogenated alkanes) is 3.